The molecule has 0 spiro atoms. The lowest BCUT2D eigenvalue weighted by molar-refractivity contribution is -0.137. The molecule has 1 aromatic carbocycles. The third kappa shape index (κ3) is 4.35. The maximum atomic E-state index is 13.2. The number of furan rings is 2. The predicted molar refractivity (Wildman–Crippen MR) is 118 cm³/mol. The Morgan fingerprint density at radius 3 is 2.84 bits per heavy atom. The van der Waals surface area contributed by atoms with Crippen LogP contribution in [0.3, 0.4) is 0 Å². The van der Waals surface area contributed by atoms with Crippen LogP contribution in [-0.2, 0) is 24.2 Å². The summed E-state index contributed by atoms with van der Waals surface area (Å²) in [4.78, 5) is 17.4. The first-order chi connectivity index (χ1) is 15.2. The molecule has 1 amide bonds. The Morgan fingerprint density at radius 1 is 1.19 bits per heavy atom. The molecule has 0 bridgehead atoms. The summed E-state index contributed by atoms with van der Waals surface area (Å²) in [5.41, 5.74) is 2.22. The Bertz CT molecular complexity index is 1030. The molecule has 0 unspecified atom stereocenters. The molecule has 0 atom stereocenters. The lowest BCUT2D eigenvalue weighted by atomic mass is 9.96. The summed E-state index contributed by atoms with van der Waals surface area (Å²) < 4.78 is 17.5. The van der Waals surface area contributed by atoms with Gasteiger partial charge in [-0.25, -0.2) is 0 Å². The molecule has 164 valence electrons. The molecular weight excluding hydrogens is 392 g/mol. The average molecular weight is 423 g/mol. The molecule has 31 heavy (non-hydrogen) atoms. The molecule has 0 saturated carbocycles. The minimum absolute atomic E-state index is 0.000252. The zero-order chi connectivity index (χ0) is 21.2. The number of nitrogens with zero attached hydrogens (tertiary/aromatic N) is 2. The van der Waals surface area contributed by atoms with Gasteiger partial charge in [0.15, 0.2) is 6.61 Å². The van der Waals surface area contributed by atoms with Gasteiger partial charge in [-0.1, -0.05) is 0 Å². The second kappa shape index (κ2) is 8.79. The number of piperidine rings is 1. The number of rotatable bonds is 6. The van der Waals surface area contributed by atoms with E-state index in [1.54, 1.807) is 6.26 Å². The highest BCUT2D eigenvalue weighted by molar-refractivity contribution is 5.84. The van der Waals surface area contributed by atoms with Crippen LogP contribution in [0.1, 0.15) is 42.8 Å². The van der Waals surface area contributed by atoms with Gasteiger partial charge in [0.05, 0.1) is 12.8 Å². The van der Waals surface area contributed by atoms with Gasteiger partial charge in [0.1, 0.15) is 22.9 Å². The quantitative estimate of drug-likeness (QED) is 0.589. The SMILES string of the molecule is CN1CCC(N(Cc2ccco2)C(=O)COc2ccc3oc4c(c3c2)CCCC4)CC1. The maximum Gasteiger partial charge on any atom is 0.261 e. The van der Waals surface area contributed by atoms with Gasteiger partial charge in [-0.2, -0.15) is 0 Å². The maximum absolute atomic E-state index is 13.2. The van der Waals surface area contributed by atoms with Gasteiger partial charge in [-0.15, -0.1) is 0 Å². The molecule has 2 aliphatic rings. The highest BCUT2D eigenvalue weighted by Crippen LogP contribution is 2.34. The third-order valence-electron chi connectivity index (χ3n) is 6.64. The number of benzene rings is 1. The van der Waals surface area contributed by atoms with Crippen LogP contribution < -0.4 is 4.74 Å². The highest BCUT2D eigenvalue weighted by Gasteiger charge is 2.28. The van der Waals surface area contributed by atoms with E-state index in [1.807, 2.05) is 35.2 Å². The fourth-order valence-corrected chi connectivity index (χ4v) is 4.86. The number of likely N-dealkylation sites (tertiary alicyclic amines) is 1. The molecule has 2 aromatic heterocycles. The molecule has 1 saturated heterocycles. The molecule has 3 aromatic rings. The van der Waals surface area contributed by atoms with Crippen molar-refractivity contribution in [3.8, 4) is 5.75 Å². The minimum Gasteiger partial charge on any atom is -0.484 e. The summed E-state index contributed by atoms with van der Waals surface area (Å²) in [6.45, 7) is 2.50. The second-order valence-electron chi connectivity index (χ2n) is 8.79. The number of carbonyl (C=O) groups excluding carboxylic acids is 1. The molecule has 1 fully saturated rings. The molecule has 6 nitrogen and oxygen atoms in total. The van der Waals surface area contributed by atoms with E-state index in [9.17, 15) is 4.79 Å². The predicted octanol–water partition coefficient (Wildman–Crippen LogP) is 4.41. The van der Waals surface area contributed by atoms with Crippen molar-refractivity contribution in [2.45, 2.75) is 51.1 Å². The molecule has 1 aliphatic heterocycles. The standard InChI is InChI=1S/C25H30N2O4/c1-26-12-10-18(11-13-26)27(16-20-5-4-14-29-20)25(28)17-30-19-8-9-24-22(15-19)21-6-2-3-7-23(21)31-24/h4-5,8-9,14-15,18H,2-3,6-7,10-13,16-17H2,1H3. The smallest absolute Gasteiger partial charge is 0.261 e. The van der Waals surface area contributed by atoms with Gasteiger partial charge >= 0.3 is 0 Å². The van der Waals surface area contributed by atoms with Gasteiger partial charge in [-0.05, 0) is 82.6 Å². The van der Waals surface area contributed by atoms with Crippen molar-refractivity contribution in [1.29, 1.82) is 0 Å². The summed E-state index contributed by atoms with van der Waals surface area (Å²) in [7, 11) is 2.13. The zero-order valence-electron chi connectivity index (χ0n) is 18.1. The fourth-order valence-electron chi connectivity index (χ4n) is 4.86. The Kier molecular flexibility index (Phi) is 5.72. The molecular formula is C25H30N2O4. The second-order valence-corrected chi connectivity index (χ2v) is 8.79. The van der Waals surface area contributed by atoms with Gasteiger partial charge in [-0.3, -0.25) is 4.79 Å². The normalized spacial score (nSPS) is 17.6. The third-order valence-corrected chi connectivity index (χ3v) is 6.64. The molecule has 6 heteroatoms. The minimum atomic E-state index is 0.000252. The number of ether oxygens (including phenoxy) is 1. The van der Waals surface area contributed by atoms with Crippen LogP contribution >= 0.6 is 0 Å². The fraction of sp³-hybridized carbons (Fsp3) is 0.480. The van der Waals surface area contributed by atoms with Crippen molar-refractivity contribution in [2.24, 2.45) is 0 Å². The van der Waals surface area contributed by atoms with Crippen LogP contribution in [0.25, 0.3) is 11.0 Å². The van der Waals surface area contributed by atoms with Gasteiger partial charge in [0, 0.05) is 23.4 Å². The van der Waals surface area contributed by atoms with Crippen molar-refractivity contribution in [1.82, 2.24) is 9.80 Å². The number of carbonyl (C=O) groups is 1. The topological polar surface area (TPSA) is 59.1 Å². The van der Waals surface area contributed by atoms with Gasteiger partial charge < -0.3 is 23.4 Å². The molecule has 1 aliphatic carbocycles. The first-order valence-corrected chi connectivity index (χ1v) is 11.3. The van der Waals surface area contributed by atoms with Crippen LogP contribution in [0.5, 0.6) is 5.75 Å². The lowest BCUT2D eigenvalue weighted by Gasteiger charge is -2.37. The van der Waals surface area contributed by atoms with Crippen molar-refractivity contribution in [3.63, 3.8) is 0 Å². The highest BCUT2D eigenvalue weighted by atomic mass is 16.5. The van der Waals surface area contributed by atoms with Gasteiger partial charge in [0.25, 0.3) is 5.91 Å². The van der Waals surface area contributed by atoms with Crippen LogP contribution in [-0.4, -0.2) is 48.5 Å². The molecule has 0 N–H and O–H groups in total. The van der Waals surface area contributed by atoms with E-state index in [-0.39, 0.29) is 18.6 Å². The summed E-state index contributed by atoms with van der Waals surface area (Å²) >= 11 is 0. The number of hydrogen-bond acceptors (Lipinski definition) is 5. The van der Waals surface area contributed by atoms with Crippen LogP contribution in [0.15, 0.2) is 45.4 Å². The van der Waals surface area contributed by atoms with E-state index >= 15 is 0 Å². The van der Waals surface area contributed by atoms with Crippen molar-refractivity contribution < 1.29 is 18.4 Å². The monoisotopic (exact) mass is 422 g/mol. The molecule has 3 heterocycles. The Morgan fingerprint density at radius 2 is 2.03 bits per heavy atom. The Balaban J connectivity index is 1.29. The number of amides is 1. The van der Waals surface area contributed by atoms with Crippen LogP contribution in [0.4, 0.5) is 0 Å². The van der Waals surface area contributed by atoms with Crippen molar-refractivity contribution in [2.75, 3.05) is 26.7 Å². The molecule has 5 rings (SSSR count). The Hall–Kier alpha value is -2.73. The summed E-state index contributed by atoms with van der Waals surface area (Å²) in [5, 5.41) is 1.13. The van der Waals surface area contributed by atoms with E-state index < -0.39 is 0 Å². The summed E-state index contributed by atoms with van der Waals surface area (Å²) in [6.07, 6.45) is 8.04. The Labute approximate surface area is 182 Å². The summed E-state index contributed by atoms with van der Waals surface area (Å²) in [6, 6.07) is 9.89. The van der Waals surface area contributed by atoms with Crippen molar-refractivity contribution >= 4 is 16.9 Å². The van der Waals surface area contributed by atoms with E-state index in [2.05, 4.69) is 11.9 Å². The summed E-state index contributed by atoms with van der Waals surface area (Å²) in [5.74, 6) is 2.64. The van der Waals surface area contributed by atoms with Crippen LogP contribution in [0, 0.1) is 0 Å². The average Bonchev–Trinajstić information content (AvgIpc) is 3.44. The first kappa shape index (κ1) is 20.2. The number of hydrogen-bond donors (Lipinski definition) is 0. The molecule has 0 radical (unpaired) electrons. The zero-order valence-corrected chi connectivity index (χ0v) is 18.1. The van der Waals surface area contributed by atoms with E-state index in [4.69, 9.17) is 13.6 Å². The number of fused-ring (bicyclic) bond motifs is 3. The largest absolute Gasteiger partial charge is 0.484 e. The number of aryl methyl sites for hydroxylation is 2. The van der Waals surface area contributed by atoms with Crippen LogP contribution in [0.2, 0.25) is 0 Å². The van der Waals surface area contributed by atoms with Crippen molar-refractivity contribution in [3.05, 3.63) is 53.7 Å². The lowest BCUT2D eigenvalue weighted by Crippen LogP contribution is -2.47. The van der Waals surface area contributed by atoms with E-state index in [0.717, 1.165) is 67.0 Å². The van der Waals surface area contributed by atoms with E-state index in [0.29, 0.717) is 6.54 Å². The van der Waals surface area contributed by atoms with Gasteiger partial charge in [0.2, 0.25) is 0 Å². The van der Waals surface area contributed by atoms with E-state index in [1.165, 1.54) is 18.4 Å². The first-order valence-electron chi connectivity index (χ1n) is 11.3.